The standard InChI is InChI=1S/C32H44O4/c1-11-33-29(34-12-2)21-17-25-23-15-20-28(32(8,9)10)26(18-22-30(35-13-3)36-14-4)24(23)16-19-27(25)31(5,6)7/h15-16,19-20,29-30H,11-14H2,1-10H3. The van der Waals surface area contributed by atoms with Crippen molar-refractivity contribution in [3.8, 4) is 23.7 Å². The summed E-state index contributed by atoms with van der Waals surface area (Å²) in [7, 11) is 0. The Morgan fingerprint density at radius 3 is 1.11 bits per heavy atom. The largest absolute Gasteiger partial charge is 0.342 e. The van der Waals surface area contributed by atoms with E-state index >= 15 is 0 Å². The summed E-state index contributed by atoms with van der Waals surface area (Å²) in [4.78, 5) is 0. The zero-order valence-corrected chi connectivity index (χ0v) is 23.9. The Hall–Kier alpha value is -2.34. The van der Waals surface area contributed by atoms with Crippen LogP contribution in [0.4, 0.5) is 0 Å². The molecule has 2 aromatic rings. The van der Waals surface area contributed by atoms with E-state index in [0.29, 0.717) is 26.4 Å². The van der Waals surface area contributed by atoms with E-state index in [1.165, 1.54) is 11.1 Å². The maximum absolute atomic E-state index is 5.69. The minimum atomic E-state index is -0.561. The third-order valence-electron chi connectivity index (χ3n) is 5.72. The molecular weight excluding hydrogens is 448 g/mol. The molecule has 2 rings (SSSR count). The van der Waals surface area contributed by atoms with Crippen molar-refractivity contribution in [3.05, 3.63) is 46.5 Å². The Morgan fingerprint density at radius 2 is 0.861 bits per heavy atom. The number of hydrogen-bond donors (Lipinski definition) is 0. The van der Waals surface area contributed by atoms with Crippen molar-refractivity contribution in [1.82, 2.24) is 0 Å². The molecule has 0 fully saturated rings. The second-order valence-electron chi connectivity index (χ2n) is 10.6. The van der Waals surface area contributed by atoms with Gasteiger partial charge in [0.1, 0.15) is 0 Å². The van der Waals surface area contributed by atoms with Gasteiger partial charge in [-0.05, 0) is 72.3 Å². The van der Waals surface area contributed by atoms with Crippen LogP contribution in [-0.4, -0.2) is 39.0 Å². The van der Waals surface area contributed by atoms with Gasteiger partial charge in [-0.3, -0.25) is 0 Å². The third-order valence-corrected chi connectivity index (χ3v) is 5.72. The van der Waals surface area contributed by atoms with E-state index in [1.54, 1.807) is 0 Å². The molecule has 2 aromatic carbocycles. The van der Waals surface area contributed by atoms with Crippen molar-refractivity contribution in [3.63, 3.8) is 0 Å². The molecule has 0 N–H and O–H groups in total. The summed E-state index contributed by atoms with van der Waals surface area (Å²) in [6, 6.07) is 8.73. The number of rotatable bonds is 8. The second-order valence-corrected chi connectivity index (χ2v) is 10.6. The van der Waals surface area contributed by atoms with Gasteiger partial charge in [-0.25, -0.2) is 0 Å². The molecule has 0 saturated carbocycles. The van der Waals surface area contributed by atoms with E-state index < -0.39 is 12.6 Å². The van der Waals surface area contributed by atoms with Crippen LogP contribution in [-0.2, 0) is 29.8 Å². The summed E-state index contributed by atoms with van der Waals surface area (Å²) in [5, 5.41) is 2.15. The Labute approximate surface area is 219 Å². The summed E-state index contributed by atoms with van der Waals surface area (Å²) in [5.41, 5.74) is 4.15. The molecule has 0 aliphatic heterocycles. The van der Waals surface area contributed by atoms with E-state index in [0.717, 1.165) is 21.9 Å². The fourth-order valence-corrected chi connectivity index (χ4v) is 4.06. The molecule has 0 amide bonds. The highest BCUT2D eigenvalue weighted by Crippen LogP contribution is 2.36. The van der Waals surface area contributed by atoms with Crippen LogP contribution in [0.25, 0.3) is 10.8 Å². The highest BCUT2D eigenvalue weighted by atomic mass is 16.7. The first-order chi connectivity index (χ1) is 17.0. The van der Waals surface area contributed by atoms with Gasteiger partial charge >= 0.3 is 0 Å². The van der Waals surface area contributed by atoms with Crippen LogP contribution < -0.4 is 0 Å². The normalized spacial score (nSPS) is 12.0. The minimum Gasteiger partial charge on any atom is -0.342 e. The number of ether oxygens (including phenoxy) is 4. The molecule has 4 nitrogen and oxygen atoms in total. The molecule has 0 atom stereocenters. The van der Waals surface area contributed by atoms with Gasteiger partial charge in [0.25, 0.3) is 0 Å². The molecule has 0 saturated heterocycles. The molecule has 0 aliphatic carbocycles. The molecular formula is C32H44O4. The lowest BCUT2D eigenvalue weighted by Crippen LogP contribution is -2.17. The lowest BCUT2D eigenvalue weighted by Gasteiger charge is -2.25. The molecule has 0 unspecified atom stereocenters. The zero-order chi connectivity index (χ0) is 26.9. The van der Waals surface area contributed by atoms with Crippen molar-refractivity contribution < 1.29 is 18.9 Å². The van der Waals surface area contributed by atoms with Crippen LogP contribution in [0.1, 0.15) is 91.5 Å². The second kappa shape index (κ2) is 13.3. The first-order valence-electron chi connectivity index (χ1n) is 13.1. The average Bonchev–Trinajstić information content (AvgIpc) is 2.79. The first kappa shape index (κ1) is 29.9. The van der Waals surface area contributed by atoms with Crippen molar-refractivity contribution in [2.45, 2.75) is 92.6 Å². The van der Waals surface area contributed by atoms with E-state index in [4.69, 9.17) is 18.9 Å². The fraction of sp³-hybridized carbons (Fsp3) is 0.562. The monoisotopic (exact) mass is 492 g/mol. The molecule has 0 bridgehead atoms. The summed E-state index contributed by atoms with van der Waals surface area (Å²) in [5.74, 6) is 13.3. The summed E-state index contributed by atoms with van der Waals surface area (Å²) < 4.78 is 22.8. The summed E-state index contributed by atoms with van der Waals surface area (Å²) in [6.45, 7) is 23.2. The molecule has 0 radical (unpaired) electrons. The maximum Gasteiger partial charge on any atom is 0.222 e. The molecule has 0 spiro atoms. The van der Waals surface area contributed by atoms with Crippen molar-refractivity contribution in [2.75, 3.05) is 26.4 Å². The van der Waals surface area contributed by atoms with E-state index in [1.807, 2.05) is 27.7 Å². The van der Waals surface area contributed by atoms with Crippen LogP contribution in [0.3, 0.4) is 0 Å². The highest BCUT2D eigenvalue weighted by Gasteiger charge is 2.23. The van der Waals surface area contributed by atoms with Gasteiger partial charge in [0.05, 0.1) is 0 Å². The van der Waals surface area contributed by atoms with Crippen LogP contribution in [0.5, 0.6) is 0 Å². The maximum atomic E-state index is 5.69. The van der Waals surface area contributed by atoms with E-state index in [2.05, 4.69) is 89.5 Å². The number of benzene rings is 2. The molecule has 0 heterocycles. The number of fused-ring (bicyclic) bond motifs is 1. The molecule has 36 heavy (non-hydrogen) atoms. The Balaban J connectivity index is 2.87. The fourth-order valence-electron chi connectivity index (χ4n) is 4.06. The summed E-state index contributed by atoms with van der Waals surface area (Å²) >= 11 is 0. The molecule has 0 aliphatic rings. The summed E-state index contributed by atoms with van der Waals surface area (Å²) in [6.07, 6.45) is -1.12. The predicted octanol–water partition coefficient (Wildman–Crippen LogP) is 6.94. The van der Waals surface area contributed by atoms with Gasteiger partial charge in [-0.15, -0.1) is 0 Å². The average molecular weight is 493 g/mol. The van der Waals surface area contributed by atoms with Gasteiger partial charge in [0, 0.05) is 37.6 Å². The Bertz CT molecular complexity index is 1020. The highest BCUT2D eigenvalue weighted by molar-refractivity contribution is 5.95. The predicted molar refractivity (Wildman–Crippen MR) is 149 cm³/mol. The minimum absolute atomic E-state index is 0.0888. The smallest absolute Gasteiger partial charge is 0.222 e. The van der Waals surface area contributed by atoms with Gasteiger partial charge in [-0.2, -0.15) is 0 Å². The van der Waals surface area contributed by atoms with Crippen LogP contribution in [0.15, 0.2) is 24.3 Å². The quantitative estimate of drug-likeness (QED) is 0.296. The first-order valence-corrected chi connectivity index (χ1v) is 13.1. The Kier molecular flexibility index (Phi) is 11.0. The van der Waals surface area contributed by atoms with E-state index in [9.17, 15) is 0 Å². The number of hydrogen-bond acceptors (Lipinski definition) is 4. The van der Waals surface area contributed by atoms with Crippen molar-refractivity contribution in [1.29, 1.82) is 0 Å². The lowest BCUT2D eigenvalue weighted by atomic mass is 9.78. The molecule has 0 aromatic heterocycles. The van der Waals surface area contributed by atoms with Gasteiger partial charge in [0.2, 0.25) is 12.6 Å². The SMILES string of the molecule is CCOC(C#Cc1c(C(C)(C)C)ccc2c(C#CC(OCC)OCC)c(C(C)(C)C)ccc12)OCC. The Morgan fingerprint density at radius 1 is 0.556 bits per heavy atom. The zero-order valence-electron chi connectivity index (χ0n) is 23.9. The van der Waals surface area contributed by atoms with Crippen molar-refractivity contribution >= 4 is 10.8 Å². The topological polar surface area (TPSA) is 36.9 Å². The van der Waals surface area contributed by atoms with Crippen LogP contribution in [0.2, 0.25) is 0 Å². The van der Waals surface area contributed by atoms with Crippen LogP contribution >= 0.6 is 0 Å². The molecule has 196 valence electrons. The van der Waals surface area contributed by atoms with E-state index in [-0.39, 0.29) is 10.8 Å². The lowest BCUT2D eigenvalue weighted by molar-refractivity contribution is -0.0972. The third kappa shape index (κ3) is 7.83. The van der Waals surface area contributed by atoms with Gasteiger partial charge in [0.15, 0.2) is 0 Å². The van der Waals surface area contributed by atoms with Gasteiger partial charge in [-0.1, -0.05) is 77.6 Å². The van der Waals surface area contributed by atoms with Gasteiger partial charge < -0.3 is 18.9 Å². The van der Waals surface area contributed by atoms with Crippen LogP contribution in [0, 0.1) is 23.7 Å². The molecule has 4 heteroatoms. The van der Waals surface area contributed by atoms with Crippen molar-refractivity contribution in [2.24, 2.45) is 0 Å².